The normalized spacial score (nSPS) is 12.1. The summed E-state index contributed by atoms with van der Waals surface area (Å²) in [6, 6.07) is 2.67. The topological polar surface area (TPSA) is 63.4 Å². The largest absolute Gasteiger partial charge is 0.396 e. The fraction of sp³-hybridized carbons (Fsp3) is 0.250. The fourth-order valence-electron chi connectivity index (χ4n) is 0.971. The molecular weight excluding hydrogens is 259 g/mol. The highest BCUT2D eigenvalue weighted by Crippen LogP contribution is 2.31. The van der Waals surface area contributed by atoms with Crippen LogP contribution in [0.1, 0.15) is 0 Å². The van der Waals surface area contributed by atoms with Crippen LogP contribution in [-0.4, -0.2) is 26.8 Å². The zero-order chi connectivity index (χ0) is 11.8. The van der Waals surface area contributed by atoms with Gasteiger partial charge in [0.2, 0.25) is 10.0 Å². The Kier molecular flexibility index (Phi) is 3.50. The van der Waals surface area contributed by atoms with E-state index in [1.165, 1.54) is 26.2 Å². The first-order chi connectivity index (χ1) is 6.76. The quantitative estimate of drug-likeness (QED) is 0.833. The molecule has 0 heterocycles. The standard InChI is InChI=1S/C8H10Cl2N2O2S/c1-12(2)15(13,14)7-4-5(9)3-6(10)8(7)11/h3-4H,11H2,1-2H3. The molecule has 0 spiro atoms. The van der Waals surface area contributed by atoms with E-state index in [4.69, 9.17) is 28.9 Å². The minimum atomic E-state index is -3.61. The average molecular weight is 269 g/mol. The summed E-state index contributed by atoms with van der Waals surface area (Å²) in [7, 11) is -0.800. The lowest BCUT2D eigenvalue weighted by Gasteiger charge is -2.14. The second-order valence-corrected chi connectivity index (χ2v) is 6.05. The zero-order valence-corrected chi connectivity index (χ0v) is 10.5. The Morgan fingerprint density at radius 2 is 1.80 bits per heavy atom. The molecular formula is C8H10Cl2N2O2S. The van der Waals surface area contributed by atoms with E-state index < -0.39 is 10.0 Å². The van der Waals surface area contributed by atoms with Crippen molar-refractivity contribution in [1.29, 1.82) is 0 Å². The van der Waals surface area contributed by atoms with Crippen molar-refractivity contribution in [3.63, 3.8) is 0 Å². The lowest BCUT2D eigenvalue weighted by Crippen LogP contribution is -2.23. The molecule has 0 saturated heterocycles. The molecule has 0 aliphatic carbocycles. The summed E-state index contributed by atoms with van der Waals surface area (Å²) in [5.74, 6) is 0. The molecule has 7 heteroatoms. The molecule has 1 rings (SSSR count). The van der Waals surface area contributed by atoms with Gasteiger partial charge in [0.05, 0.1) is 10.7 Å². The van der Waals surface area contributed by atoms with Crippen LogP contribution >= 0.6 is 23.2 Å². The van der Waals surface area contributed by atoms with Gasteiger partial charge in [0.25, 0.3) is 0 Å². The van der Waals surface area contributed by atoms with Crippen LogP contribution in [0.5, 0.6) is 0 Å². The molecule has 1 aromatic rings. The van der Waals surface area contributed by atoms with Gasteiger partial charge < -0.3 is 5.73 Å². The number of halogens is 2. The molecule has 0 unspecified atom stereocenters. The summed E-state index contributed by atoms with van der Waals surface area (Å²) in [6.07, 6.45) is 0. The zero-order valence-electron chi connectivity index (χ0n) is 8.16. The molecule has 0 aliphatic heterocycles. The SMILES string of the molecule is CN(C)S(=O)(=O)c1cc(Cl)cc(Cl)c1N. The first-order valence-corrected chi connectivity index (χ1v) is 6.13. The number of benzene rings is 1. The molecule has 0 radical (unpaired) electrons. The van der Waals surface area contributed by atoms with Gasteiger partial charge in [-0.3, -0.25) is 0 Å². The second kappa shape index (κ2) is 4.17. The molecule has 15 heavy (non-hydrogen) atoms. The van der Waals surface area contributed by atoms with Gasteiger partial charge in [-0.2, -0.15) is 0 Å². The Labute approximate surface area is 98.6 Å². The first kappa shape index (κ1) is 12.6. The minimum absolute atomic E-state index is 0.00904. The molecule has 84 valence electrons. The lowest BCUT2D eigenvalue weighted by atomic mass is 10.3. The Balaban J connectivity index is 3.52. The third-order valence-electron chi connectivity index (χ3n) is 1.81. The van der Waals surface area contributed by atoms with Crippen LogP contribution in [-0.2, 0) is 10.0 Å². The first-order valence-electron chi connectivity index (χ1n) is 3.94. The molecule has 0 fully saturated rings. The predicted octanol–water partition coefficient (Wildman–Crippen LogP) is 1.83. The van der Waals surface area contributed by atoms with E-state index in [1.54, 1.807) is 0 Å². The number of anilines is 1. The maximum Gasteiger partial charge on any atom is 0.244 e. The Morgan fingerprint density at radius 3 is 2.27 bits per heavy atom. The van der Waals surface area contributed by atoms with E-state index in [9.17, 15) is 8.42 Å². The Hall–Kier alpha value is -0.490. The minimum Gasteiger partial charge on any atom is -0.396 e. The highest BCUT2D eigenvalue weighted by molar-refractivity contribution is 7.89. The number of sulfonamides is 1. The third kappa shape index (κ3) is 2.36. The van der Waals surface area contributed by atoms with E-state index in [0.717, 1.165) is 4.31 Å². The maximum atomic E-state index is 11.8. The molecule has 0 aromatic heterocycles. The van der Waals surface area contributed by atoms with Gasteiger partial charge in [0, 0.05) is 19.1 Å². The molecule has 4 nitrogen and oxygen atoms in total. The van der Waals surface area contributed by atoms with Crippen LogP contribution in [0, 0.1) is 0 Å². The summed E-state index contributed by atoms with van der Waals surface area (Å²) in [4.78, 5) is -0.0787. The monoisotopic (exact) mass is 268 g/mol. The van der Waals surface area contributed by atoms with Gasteiger partial charge in [-0.05, 0) is 12.1 Å². The second-order valence-electron chi connectivity index (χ2n) is 3.09. The van der Waals surface area contributed by atoms with Crippen molar-refractivity contribution in [3.05, 3.63) is 22.2 Å². The smallest absolute Gasteiger partial charge is 0.244 e. The van der Waals surface area contributed by atoms with Crippen LogP contribution in [0.4, 0.5) is 5.69 Å². The highest BCUT2D eigenvalue weighted by Gasteiger charge is 2.22. The summed E-state index contributed by atoms with van der Waals surface area (Å²) in [6.45, 7) is 0. The van der Waals surface area contributed by atoms with Crippen molar-refractivity contribution in [1.82, 2.24) is 4.31 Å². The van der Waals surface area contributed by atoms with Crippen LogP contribution in [0.3, 0.4) is 0 Å². The Bertz CT molecular complexity index is 486. The highest BCUT2D eigenvalue weighted by atomic mass is 35.5. The molecule has 0 amide bonds. The van der Waals surface area contributed by atoms with E-state index in [2.05, 4.69) is 0 Å². The van der Waals surface area contributed by atoms with E-state index in [1.807, 2.05) is 0 Å². The lowest BCUT2D eigenvalue weighted by molar-refractivity contribution is 0.521. The Morgan fingerprint density at radius 1 is 1.27 bits per heavy atom. The molecule has 1 aromatic carbocycles. The molecule has 0 aliphatic rings. The molecule has 0 saturated carbocycles. The van der Waals surface area contributed by atoms with Crippen molar-refractivity contribution in [2.75, 3.05) is 19.8 Å². The van der Waals surface area contributed by atoms with Gasteiger partial charge in [-0.15, -0.1) is 0 Å². The van der Waals surface area contributed by atoms with E-state index >= 15 is 0 Å². The van der Waals surface area contributed by atoms with Gasteiger partial charge >= 0.3 is 0 Å². The fourth-order valence-corrected chi connectivity index (χ4v) is 2.64. The maximum absolute atomic E-state index is 11.8. The van der Waals surface area contributed by atoms with Crippen molar-refractivity contribution in [2.45, 2.75) is 4.90 Å². The summed E-state index contributed by atoms with van der Waals surface area (Å²) >= 11 is 11.4. The average Bonchev–Trinajstić information content (AvgIpc) is 2.10. The van der Waals surface area contributed by atoms with Crippen molar-refractivity contribution in [2.24, 2.45) is 0 Å². The van der Waals surface area contributed by atoms with Crippen LogP contribution < -0.4 is 5.73 Å². The van der Waals surface area contributed by atoms with E-state index in [0.29, 0.717) is 0 Å². The number of hydrogen-bond acceptors (Lipinski definition) is 3. The number of nitrogens with zero attached hydrogens (tertiary/aromatic N) is 1. The van der Waals surface area contributed by atoms with Gasteiger partial charge in [0.15, 0.2) is 0 Å². The van der Waals surface area contributed by atoms with Gasteiger partial charge in [-0.1, -0.05) is 23.2 Å². The number of nitrogen functional groups attached to an aromatic ring is 1. The van der Waals surface area contributed by atoms with Crippen molar-refractivity contribution >= 4 is 38.9 Å². The molecule has 0 bridgehead atoms. The van der Waals surface area contributed by atoms with Gasteiger partial charge in [-0.25, -0.2) is 12.7 Å². The summed E-state index contributed by atoms with van der Waals surface area (Å²) in [5, 5.41) is 0.359. The van der Waals surface area contributed by atoms with E-state index in [-0.39, 0.29) is 20.6 Å². The number of hydrogen-bond donors (Lipinski definition) is 1. The van der Waals surface area contributed by atoms with Crippen LogP contribution in [0.2, 0.25) is 10.0 Å². The molecule has 0 atom stereocenters. The molecule has 2 N–H and O–H groups in total. The van der Waals surface area contributed by atoms with Gasteiger partial charge in [0.1, 0.15) is 4.90 Å². The van der Waals surface area contributed by atoms with Crippen LogP contribution in [0.25, 0.3) is 0 Å². The number of nitrogens with two attached hydrogens (primary N) is 1. The van der Waals surface area contributed by atoms with Crippen molar-refractivity contribution in [3.8, 4) is 0 Å². The van der Waals surface area contributed by atoms with Crippen LogP contribution in [0.15, 0.2) is 17.0 Å². The summed E-state index contributed by atoms with van der Waals surface area (Å²) in [5.41, 5.74) is 5.59. The third-order valence-corrected chi connectivity index (χ3v) is 4.20. The number of rotatable bonds is 2. The predicted molar refractivity (Wildman–Crippen MR) is 61.7 cm³/mol. The van der Waals surface area contributed by atoms with Crippen molar-refractivity contribution < 1.29 is 8.42 Å². The summed E-state index contributed by atoms with van der Waals surface area (Å²) < 4.78 is 24.6.